The zero-order chi connectivity index (χ0) is 13.6. The van der Waals surface area contributed by atoms with Gasteiger partial charge >= 0.3 is 0 Å². The summed E-state index contributed by atoms with van der Waals surface area (Å²) in [5, 5.41) is 0. The highest BCUT2D eigenvalue weighted by Crippen LogP contribution is 2.36. The Morgan fingerprint density at radius 1 is 1.28 bits per heavy atom. The molecule has 18 heavy (non-hydrogen) atoms. The second kappa shape index (κ2) is 7.49. The molecule has 2 heteroatoms. The van der Waals surface area contributed by atoms with Crippen LogP contribution in [-0.4, -0.2) is 18.2 Å². The zero-order valence-corrected chi connectivity index (χ0v) is 12.9. The molecule has 1 saturated carbocycles. The molecule has 0 aromatic heterocycles. The molecule has 0 saturated heterocycles. The molecule has 1 rings (SSSR count). The van der Waals surface area contributed by atoms with Gasteiger partial charge < -0.3 is 10.5 Å². The summed E-state index contributed by atoms with van der Waals surface area (Å²) in [6.45, 7) is 9.13. The number of hydrogen-bond donors (Lipinski definition) is 1. The lowest BCUT2D eigenvalue weighted by atomic mass is 9.74. The van der Waals surface area contributed by atoms with Crippen LogP contribution in [0.4, 0.5) is 0 Å². The predicted octanol–water partition coefficient (Wildman–Crippen LogP) is 4.27. The van der Waals surface area contributed by atoms with Gasteiger partial charge in [-0.15, -0.1) is 0 Å². The molecule has 0 heterocycles. The maximum absolute atomic E-state index is 6.20. The van der Waals surface area contributed by atoms with Gasteiger partial charge in [-0.2, -0.15) is 0 Å². The molecule has 1 aliphatic rings. The molecule has 0 aliphatic heterocycles. The van der Waals surface area contributed by atoms with Crippen molar-refractivity contribution in [1.29, 1.82) is 0 Å². The monoisotopic (exact) mass is 255 g/mol. The molecule has 2 nitrogen and oxygen atoms in total. The van der Waals surface area contributed by atoms with Crippen LogP contribution in [0.5, 0.6) is 0 Å². The van der Waals surface area contributed by atoms with Crippen molar-refractivity contribution in [1.82, 2.24) is 0 Å². The van der Waals surface area contributed by atoms with Crippen molar-refractivity contribution < 1.29 is 4.74 Å². The van der Waals surface area contributed by atoms with Crippen molar-refractivity contribution in [3.05, 3.63) is 0 Å². The maximum atomic E-state index is 6.20. The highest BCUT2D eigenvalue weighted by Gasteiger charge is 2.34. The number of hydrogen-bond acceptors (Lipinski definition) is 2. The van der Waals surface area contributed by atoms with Gasteiger partial charge in [0.25, 0.3) is 0 Å². The van der Waals surface area contributed by atoms with Gasteiger partial charge in [-0.3, -0.25) is 0 Å². The standard InChI is InChI=1S/C16H33NO/c1-5-6-7-8-9-13(2)18-15-12-16(3,4)11-10-14(15)17/h13-15H,5-12,17H2,1-4H3. The Balaban J connectivity index is 2.26. The quantitative estimate of drug-likeness (QED) is 0.690. The molecule has 0 spiro atoms. The fraction of sp³-hybridized carbons (Fsp3) is 1.00. The van der Waals surface area contributed by atoms with E-state index in [1.54, 1.807) is 0 Å². The summed E-state index contributed by atoms with van der Waals surface area (Å²) < 4.78 is 6.19. The SMILES string of the molecule is CCCCCCC(C)OC1CC(C)(C)CCC1N. The first-order valence-electron chi connectivity index (χ1n) is 7.85. The van der Waals surface area contributed by atoms with E-state index in [4.69, 9.17) is 10.5 Å². The fourth-order valence-corrected chi connectivity index (χ4v) is 2.92. The molecule has 1 aliphatic carbocycles. The smallest absolute Gasteiger partial charge is 0.0734 e. The molecule has 0 radical (unpaired) electrons. The third kappa shape index (κ3) is 5.71. The van der Waals surface area contributed by atoms with Crippen LogP contribution in [0.25, 0.3) is 0 Å². The fourth-order valence-electron chi connectivity index (χ4n) is 2.92. The molecule has 0 aromatic rings. The highest BCUT2D eigenvalue weighted by atomic mass is 16.5. The molecular formula is C16H33NO. The van der Waals surface area contributed by atoms with Crippen LogP contribution in [-0.2, 0) is 4.74 Å². The molecule has 1 fully saturated rings. The van der Waals surface area contributed by atoms with E-state index >= 15 is 0 Å². The Hall–Kier alpha value is -0.0800. The summed E-state index contributed by atoms with van der Waals surface area (Å²) in [5.41, 5.74) is 6.60. The minimum atomic E-state index is 0.246. The minimum absolute atomic E-state index is 0.246. The maximum Gasteiger partial charge on any atom is 0.0734 e. The van der Waals surface area contributed by atoms with Gasteiger partial charge in [0.15, 0.2) is 0 Å². The molecule has 0 bridgehead atoms. The second-order valence-electron chi connectivity index (χ2n) is 6.91. The van der Waals surface area contributed by atoms with Gasteiger partial charge in [-0.05, 0) is 38.0 Å². The summed E-state index contributed by atoms with van der Waals surface area (Å²) in [7, 11) is 0. The largest absolute Gasteiger partial charge is 0.374 e. The summed E-state index contributed by atoms with van der Waals surface area (Å²) in [5.74, 6) is 0. The first-order valence-corrected chi connectivity index (χ1v) is 7.85. The molecular weight excluding hydrogens is 222 g/mol. The van der Waals surface area contributed by atoms with Gasteiger partial charge in [-0.25, -0.2) is 0 Å². The molecule has 2 N–H and O–H groups in total. The Kier molecular flexibility index (Phi) is 6.65. The van der Waals surface area contributed by atoms with E-state index in [0.29, 0.717) is 11.5 Å². The minimum Gasteiger partial charge on any atom is -0.374 e. The van der Waals surface area contributed by atoms with Crippen molar-refractivity contribution in [2.24, 2.45) is 11.1 Å². The van der Waals surface area contributed by atoms with Crippen molar-refractivity contribution in [2.75, 3.05) is 0 Å². The van der Waals surface area contributed by atoms with Crippen LogP contribution >= 0.6 is 0 Å². The predicted molar refractivity (Wildman–Crippen MR) is 78.7 cm³/mol. The normalized spacial score (nSPS) is 29.2. The Labute approximate surface area is 114 Å². The van der Waals surface area contributed by atoms with Crippen LogP contribution in [0, 0.1) is 5.41 Å². The van der Waals surface area contributed by atoms with E-state index in [2.05, 4.69) is 27.7 Å². The highest BCUT2D eigenvalue weighted by molar-refractivity contribution is 4.88. The van der Waals surface area contributed by atoms with Crippen LogP contribution in [0.2, 0.25) is 0 Å². The number of unbranched alkanes of at least 4 members (excludes halogenated alkanes) is 3. The van der Waals surface area contributed by atoms with Crippen LogP contribution < -0.4 is 5.73 Å². The molecule has 3 atom stereocenters. The van der Waals surface area contributed by atoms with Gasteiger partial charge in [-0.1, -0.05) is 46.5 Å². The summed E-state index contributed by atoms with van der Waals surface area (Å²) in [6, 6.07) is 0.246. The Bertz CT molecular complexity index is 227. The zero-order valence-electron chi connectivity index (χ0n) is 12.9. The van der Waals surface area contributed by atoms with E-state index in [9.17, 15) is 0 Å². The summed E-state index contributed by atoms with van der Waals surface area (Å²) in [6.07, 6.45) is 10.6. The van der Waals surface area contributed by atoms with E-state index < -0.39 is 0 Å². The van der Waals surface area contributed by atoms with Gasteiger partial charge in [0.05, 0.1) is 12.2 Å². The van der Waals surface area contributed by atoms with Gasteiger partial charge in [0.1, 0.15) is 0 Å². The second-order valence-corrected chi connectivity index (χ2v) is 6.91. The van der Waals surface area contributed by atoms with Crippen LogP contribution in [0.1, 0.15) is 79.1 Å². The van der Waals surface area contributed by atoms with E-state index in [1.807, 2.05) is 0 Å². The van der Waals surface area contributed by atoms with Crippen LogP contribution in [0.15, 0.2) is 0 Å². The first-order chi connectivity index (χ1) is 8.44. The van der Waals surface area contributed by atoms with Crippen molar-refractivity contribution in [2.45, 2.75) is 97.3 Å². The third-order valence-electron chi connectivity index (χ3n) is 4.26. The van der Waals surface area contributed by atoms with E-state index in [-0.39, 0.29) is 12.1 Å². The Morgan fingerprint density at radius 3 is 2.67 bits per heavy atom. The van der Waals surface area contributed by atoms with Crippen molar-refractivity contribution in [3.63, 3.8) is 0 Å². The molecule has 3 unspecified atom stereocenters. The van der Waals surface area contributed by atoms with Crippen LogP contribution in [0.3, 0.4) is 0 Å². The lowest BCUT2D eigenvalue weighted by molar-refractivity contribution is -0.0596. The van der Waals surface area contributed by atoms with Crippen molar-refractivity contribution >= 4 is 0 Å². The lowest BCUT2D eigenvalue weighted by Gasteiger charge is -2.40. The lowest BCUT2D eigenvalue weighted by Crippen LogP contribution is -2.45. The Morgan fingerprint density at radius 2 is 2.00 bits per heavy atom. The number of rotatable bonds is 7. The average molecular weight is 255 g/mol. The third-order valence-corrected chi connectivity index (χ3v) is 4.26. The molecule has 108 valence electrons. The van der Waals surface area contributed by atoms with E-state index in [1.165, 1.54) is 38.5 Å². The topological polar surface area (TPSA) is 35.2 Å². The van der Waals surface area contributed by atoms with E-state index in [0.717, 1.165) is 12.8 Å². The van der Waals surface area contributed by atoms with Crippen molar-refractivity contribution in [3.8, 4) is 0 Å². The molecule has 0 amide bonds. The first kappa shape index (κ1) is 16.0. The van der Waals surface area contributed by atoms with Gasteiger partial charge in [0.2, 0.25) is 0 Å². The average Bonchev–Trinajstić information content (AvgIpc) is 2.29. The number of ether oxygens (including phenoxy) is 1. The molecule has 0 aromatic carbocycles. The summed E-state index contributed by atoms with van der Waals surface area (Å²) >= 11 is 0. The summed E-state index contributed by atoms with van der Waals surface area (Å²) in [4.78, 5) is 0. The number of nitrogens with two attached hydrogens (primary N) is 1. The van der Waals surface area contributed by atoms with Gasteiger partial charge in [0, 0.05) is 6.04 Å².